The highest BCUT2D eigenvalue weighted by atomic mass is 35.5. The van der Waals surface area contributed by atoms with Crippen LogP contribution in [0.25, 0.3) is 0 Å². The van der Waals surface area contributed by atoms with Crippen molar-refractivity contribution in [2.24, 2.45) is 0 Å². The Morgan fingerprint density at radius 2 is 2.12 bits per heavy atom. The van der Waals surface area contributed by atoms with E-state index in [-0.39, 0.29) is 30.4 Å². The van der Waals surface area contributed by atoms with Crippen molar-refractivity contribution in [1.29, 1.82) is 0 Å². The zero-order valence-electron chi connectivity index (χ0n) is 8.53. The Bertz CT molecular complexity index is 381. The molecule has 0 aliphatic carbocycles. The van der Waals surface area contributed by atoms with Crippen LogP contribution >= 0.6 is 11.6 Å². The third-order valence-corrected chi connectivity index (χ3v) is 3.84. The summed E-state index contributed by atoms with van der Waals surface area (Å²) in [5.74, 6) is -0.836. The van der Waals surface area contributed by atoms with E-state index in [1.165, 1.54) is 0 Å². The molecule has 2 amide bonds. The number of carbonyl (C=O) groups excluding carboxylic acids is 2. The molecule has 0 saturated carbocycles. The van der Waals surface area contributed by atoms with Crippen molar-refractivity contribution in [3.05, 3.63) is 0 Å². The first-order valence-electron chi connectivity index (χ1n) is 4.84. The number of halogens is 1. The van der Waals surface area contributed by atoms with Crippen LogP contribution < -0.4 is 10.0 Å². The molecule has 1 unspecified atom stereocenters. The van der Waals surface area contributed by atoms with E-state index in [0.717, 1.165) is 0 Å². The predicted octanol–water partition coefficient (Wildman–Crippen LogP) is -0.660. The standard InChI is InChI=1S/C8H13ClN2O4S/c9-4-1-5-16(14,15)11-6-2-3-7(12)10-8(6)13/h6,11H,1-5H2,(H,10,12,13). The van der Waals surface area contributed by atoms with Crippen LogP contribution in [-0.2, 0) is 19.6 Å². The highest BCUT2D eigenvalue weighted by Gasteiger charge is 2.29. The third kappa shape index (κ3) is 4.07. The summed E-state index contributed by atoms with van der Waals surface area (Å²) >= 11 is 5.38. The topological polar surface area (TPSA) is 92.3 Å². The molecule has 0 spiro atoms. The second kappa shape index (κ2) is 5.60. The van der Waals surface area contributed by atoms with Gasteiger partial charge in [-0.3, -0.25) is 14.9 Å². The maximum absolute atomic E-state index is 11.5. The molecular formula is C8H13ClN2O4S. The molecule has 1 saturated heterocycles. The second-order valence-electron chi connectivity index (χ2n) is 3.48. The zero-order chi connectivity index (χ0) is 12.2. The Labute approximate surface area is 98.8 Å². The molecule has 16 heavy (non-hydrogen) atoms. The van der Waals surface area contributed by atoms with E-state index in [1.807, 2.05) is 0 Å². The van der Waals surface area contributed by atoms with Gasteiger partial charge >= 0.3 is 0 Å². The number of imide groups is 1. The van der Waals surface area contributed by atoms with Crippen molar-refractivity contribution < 1.29 is 18.0 Å². The van der Waals surface area contributed by atoms with Gasteiger partial charge in [0.05, 0.1) is 5.75 Å². The Morgan fingerprint density at radius 3 is 2.69 bits per heavy atom. The monoisotopic (exact) mass is 268 g/mol. The van der Waals surface area contributed by atoms with Gasteiger partial charge in [-0.1, -0.05) is 0 Å². The van der Waals surface area contributed by atoms with E-state index < -0.39 is 22.0 Å². The molecule has 1 fully saturated rings. The lowest BCUT2D eigenvalue weighted by molar-refractivity contribution is -0.134. The fraction of sp³-hybridized carbons (Fsp3) is 0.750. The van der Waals surface area contributed by atoms with Gasteiger partial charge in [0.15, 0.2) is 0 Å². The van der Waals surface area contributed by atoms with Gasteiger partial charge in [0.1, 0.15) is 6.04 Å². The molecular weight excluding hydrogens is 256 g/mol. The number of alkyl halides is 1. The van der Waals surface area contributed by atoms with Gasteiger partial charge < -0.3 is 0 Å². The molecule has 0 radical (unpaired) electrons. The first-order chi connectivity index (χ1) is 7.44. The van der Waals surface area contributed by atoms with Gasteiger partial charge in [-0.15, -0.1) is 11.6 Å². The van der Waals surface area contributed by atoms with Crippen LogP contribution in [-0.4, -0.2) is 37.9 Å². The SMILES string of the molecule is O=C1CCC(NS(=O)(=O)CCCCl)C(=O)N1. The molecule has 0 aromatic carbocycles. The van der Waals surface area contributed by atoms with Crippen LogP contribution in [0.15, 0.2) is 0 Å². The highest BCUT2D eigenvalue weighted by molar-refractivity contribution is 7.89. The summed E-state index contributed by atoms with van der Waals surface area (Å²) in [6.07, 6.45) is 0.670. The van der Waals surface area contributed by atoms with E-state index in [1.54, 1.807) is 0 Å². The Kier molecular flexibility index (Phi) is 4.69. The van der Waals surface area contributed by atoms with E-state index >= 15 is 0 Å². The van der Waals surface area contributed by atoms with Gasteiger partial charge in [-0.25, -0.2) is 13.1 Å². The summed E-state index contributed by atoms with van der Waals surface area (Å²) in [5.41, 5.74) is 0. The average Bonchev–Trinajstić information content (AvgIpc) is 2.19. The van der Waals surface area contributed by atoms with Crippen LogP contribution in [0.3, 0.4) is 0 Å². The van der Waals surface area contributed by atoms with Crippen LogP contribution in [0.2, 0.25) is 0 Å². The normalized spacial score (nSPS) is 21.9. The second-order valence-corrected chi connectivity index (χ2v) is 5.73. The summed E-state index contributed by atoms with van der Waals surface area (Å²) in [6, 6.07) is -0.849. The minimum atomic E-state index is -3.50. The zero-order valence-corrected chi connectivity index (χ0v) is 10.1. The summed E-state index contributed by atoms with van der Waals surface area (Å²) in [4.78, 5) is 22.1. The van der Waals surface area contributed by atoms with Crippen molar-refractivity contribution in [2.45, 2.75) is 25.3 Å². The Morgan fingerprint density at radius 1 is 1.44 bits per heavy atom. The van der Waals surface area contributed by atoms with Crippen LogP contribution in [0.1, 0.15) is 19.3 Å². The van der Waals surface area contributed by atoms with Crippen molar-refractivity contribution in [3.8, 4) is 0 Å². The number of amides is 2. The first-order valence-corrected chi connectivity index (χ1v) is 7.03. The average molecular weight is 269 g/mol. The van der Waals surface area contributed by atoms with Crippen LogP contribution in [0.5, 0.6) is 0 Å². The molecule has 0 bridgehead atoms. The lowest BCUT2D eigenvalue weighted by Gasteiger charge is -2.21. The Hall–Kier alpha value is -0.660. The number of hydrogen-bond acceptors (Lipinski definition) is 4. The summed E-state index contributed by atoms with van der Waals surface area (Å²) in [6.45, 7) is 0. The van der Waals surface area contributed by atoms with E-state index in [4.69, 9.17) is 11.6 Å². The number of rotatable bonds is 5. The number of sulfonamides is 1. The van der Waals surface area contributed by atoms with Crippen molar-refractivity contribution in [1.82, 2.24) is 10.0 Å². The lowest BCUT2D eigenvalue weighted by Crippen LogP contribution is -2.52. The predicted molar refractivity (Wildman–Crippen MR) is 58.4 cm³/mol. The van der Waals surface area contributed by atoms with E-state index in [9.17, 15) is 18.0 Å². The fourth-order valence-electron chi connectivity index (χ4n) is 1.33. The molecule has 1 heterocycles. The largest absolute Gasteiger partial charge is 0.295 e. The molecule has 1 atom stereocenters. The smallest absolute Gasteiger partial charge is 0.244 e. The number of hydrogen-bond donors (Lipinski definition) is 2. The van der Waals surface area contributed by atoms with Gasteiger partial charge in [0.25, 0.3) is 0 Å². The molecule has 92 valence electrons. The van der Waals surface area contributed by atoms with Crippen molar-refractivity contribution >= 4 is 33.4 Å². The molecule has 0 aromatic heterocycles. The minimum Gasteiger partial charge on any atom is -0.295 e. The maximum Gasteiger partial charge on any atom is 0.244 e. The van der Waals surface area contributed by atoms with Gasteiger partial charge in [-0.05, 0) is 12.8 Å². The van der Waals surface area contributed by atoms with Gasteiger partial charge in [0.2, 0.25) is 21.8 Å². The molecule has 1 rings (SSSR count). The lowest BCUT2D eigenvalue weighted by atomic mass is 10.1. The molecule has 0 aromatic rings. The Balaban J connectivity index is 2.53. The molecule has 6 nitrogen and oxygen atoms in total. The molecule has 1 aliphatic heterocycles. The van der Waals surface area contributed by atoms with Crippen molar-refractivity contribution in [3.63, 3.8) is 0 Å². The van der Waals surface area contributed by atoms with Gasteiger partial charge in [-0.2, -0.15) is 0 Å². The van der Waals surface area contributed by atoms with Crippen LogP contribution in [0.4, 0.5) is 0 Å². The first kappa shape index (κ1) is 13.4. The quantitative estimate of drug-likeness (QED) is 0.511. The molecule has 1 aliphatic rings. The molecule has 8 heteroatoms. The van der Waals surface area contributed by atoms with Crippen molar-refractivity contribution in [2.75, 3.05) is 11.6 Å². The minimum absolute atomic E-state index is 0.117. The third-order valence-electron chi connectivity index (χ3n) is 2.11. The summed E-state index contributed by atoms with van der Waals surface area (Å²) < 4.78 is 25.1. The number of nitrogens with one attached hydrogen (secondary N) is 2. The summed E-state index contributed by atoms with van der Waals surface area (Å²) in [7, 11) is -3.50. The number of piperidine rings is 1. The summed E-state index contributed by atoms with van der Waals surface area (Å²) in [5, 5.41) is 2.08. The van der Waals surface area contributed by atoms with Crippen LogP contribution in [0, 0.1) is 0 Å². The van der Waals surface area contributed by atoms with E-state index in [0.29, 0.717) is 6.42 Å². The molecule has 2 N–H and O–H groups in total. The fourth-order valence-corrected chi connectivity index (χ4v) is 2.92. The highest BCUT2D eigenvalue weighted by Crippen LogP contribution is 2.06. The van der Waals surface area contributed by atoms with Gasteiger partial charge in [0, 0.05) is 12.3 Å². The van der Waals surface area contributed by atoms with E-state index in [2.05, 4.69) is 10.0 Å². The number of carbonyl (C=O) groups is 2. The maximum atomic E-state index is 11.5.